The first-order chi connectivity index (χ1) is 5.31. The Morgan fingerprint density at radius 2 is 2.36 bits per heavy atom. The highest BCUT2D eigenvalue weighted by Crippen LogP contribution is 1.92. The monoisotopic (exact) mass is 159 g/mol. The van der Waals surface area contributed by atoms with Gasteiger partial charge in [0.2, 0.25) is 0 Å². The summed E-state index contributed by atoms with van der Waals surface area (Å²) >= 11 is 0. The number of rotatable bonds is 6. The van der Waals surface area contributed by atoms with E-state index in [-0.39, 0.29) is 12.6 Å². The van der Waals surface area contributed by atoms with Crippen molar-refractivity contribution in [1.29, 1.82) is 0 Å². The third kappa shape index (κ3) is 7.02. The molecule has 4 nitrogen and oxygen atoms in total. The molecule has 4 heteroatoms. The molecule has 0 aliphatic carbocycles. The Kier molecular flexibility index (Phi) is 6.67. The van der Waals surface area contributed by atoms with Crippen LogP contribution in [0, 0.1) is 0 Å². The Morgan fingerprint density at radius 3 is 2.91 bits per heavy atom. The molecule has 0 amide bonds. The molecule has 0 unspecified atom stereocenters. The molecule has 0 rings (SSSR count). The summed E-state index contributed by atoms with van der Waals surface area (Å²) in [6, 6.07) is 0. The van der Waals surface area contributed by atoms with E-state index in [1.165, 1.54) is 6.08 Å². The molecule has 0 bridgehead atoms. The molecule has 0 fully saturated rings. The van der Waals surface area contributed by atoms with Crippen LogP contribution in [0.4, 0.5) is 0 Å². The van der Waals surface area contributed by atoms with Crippen molar-refractivity contribution >= 4 is 5.97 Å². The van der Waals surface area contributed by atoms with Gasteiger partial charge in [0.1, 0.15) is 6.61 Å². The summed E-state index contributed by atoms with van der Waals surface area (Å²) in [5, 5.41) is 0. The van der Waals surface area contributed by atoms with E-state index in [1.54, 1.807) is 0 Å². The number of carbonyl (C=O) groups is 1. The zero-order chi connectivity index (χ0) is 8.53. The van der Waals surface area contributed by atoms with Gasteiger partial charge in [0.15, 0.2) is 0 Å². The summed E-state index contributed by atoms with van der Waals surface area (Å²) in [7, 11) is 0. The minimum Gasteiger partial charge on any atom is -0.461 e. The number of hydrogen-bond acceptors (Lipinski definition) is 4. The number of hydrogen-bond donors (Lipinski definition) is 1. The van der Waals surface area contributed by atoms with Crippen LogP contribution in [-0.4, -0.2) is 19.2 Å². The lowest BCUT2D eigenvalue weighted by atomic mass is 10.3. The van der Waals surface area contributed by atoms with Crippen LogP contribution < -0.4 is 5.90 Å². The van der Waals surface area contributed by atoms with Crippen LogP contribution in [0.25, 0.3) is 0 Å². The fraction of sp³-hybridized carbons (Fsp3) is 0.571. The highest BCUT2D eigenvalue weighted by Gasteiger charge is 1.99. The van der Waals surface area contributed by atoms with E-state index >= 15 is 0 Å². The van der Waals surface area contributed by atoms with Crippen molar-refractivity contribution in [3.63, 3.8) is 0 Å². The van der Waals surface area contributed by atoms with Crippen molar-refractivity contribution in [2.24, 2.45) is 5.90 Å². The van der Waals surface area contributed by atoms with E-state index in [0.29, 0.717) is 19.4 Å². The molecule has 0 saturated carbocycles. The van der Waals surface area contributed by atoms with Gasteiger partial charge in [-0.3, -0.25) is 4.79 Å². The summed E-state index contributed by atoms with van der Waals surface area (Å²) in [6.07, 6.45) is 2.45. The quantitative estimate of drug-likeness (QED) is 0.263. The summed E-state index contributed by atoms with van der Waals surface area (Å²) < 4.78 is 4.68. The van der Waals surface area contributed by atoms with Crippen LogP contribution in [0.3, 0.4) is 0 Å². The van der Waals surface area contributed by atoms with E-state index in [4.69, 9.17) is 5.90 Å². The van der Waals surface area contributed by atoms with Crippen molar-refractivity contribution in [3.05, 3.63) is 12.7 Å². The number of ether oxygens (including phenoxy) is 1. The van der Waals surface area contributed by atoms with E-state index in [9.17, 15) is 4.79 Å². The highest BCUT2D eigenvalue weighted by atomic mass is 16.6. The Morgan fingerprint density at radius 1 is 1.64 bits per heavy atom. The van der Waals surface area contributed by atoms with Crippen molar-refractivity contribution in [1.82, 2.24) is 0 Å². The predicted molar refractivity (Wildman–Crippen MR) is 40.5 cm³/mol. The Labute approximate surface area is 65.9 Å². The molecular formula is C7H13NO3. The minimum atomic E-state index is -0.248. The van der Waals surface area contributed by atoms with E-state index < -0.39 is 0 Å². The van der Waals surface area contributed by atoms with Crippen LogP contribution in [0.5, 0.6) is 0 Å². The average molecular weight is 159 g/mol. The second-order valence-corrected chi connectivity index (χ2v) is 1.95. The first kappa shape index (κ1) is 10.1. The molecule has 0 aliphatic rings. The summed E-state index contributed by atoms with van der Waals surface area (Å²) in [5.74, 6) is 4.50. The molecule has 11 heavy (non-hydrogen) atoms. The van der Waals surface area contributed by atoms with Crippen molar-refractivity contribution in [3.8, 4) is 0 Å². The van der Waals surface area contributed by atoms with Crippen molar-refractivity contribution in [2.75, 3.05) is 13.2 Å². The molecule has 0 atom stereocenters. The highest BCUT2D eigenvalue weighted by molar-refractivity contribution is 5.69. The van der Waals surface area contributed by atoms with Gasteiger partial charge < -0.3 is 9.57 Å². The number of nitrogens with two attached hydrogens (primary N) is 1. The molecule has 0 heterocycles. The Bertz CT molecular complexity index is 125. The topological polar surface area (TPSA) is 61.5 Å². The zero-order valence-corrected chi connectivity index (χ0v) is 6.41. The molecule has 64 valence electrons. The minimum absolute atomic E-state index is 0.248. The predicted octanol–water partition coefficient (Wildman–Crippen LogP) is 0.386. The number of esters is 1. The van der Waals surface area contributed by atoms with E-state index in [0.717, 1.165) is 0 Å². The lowest BCUT2D eigenvalue weighted by molar-refractivity contribution is -0.142. The Balaban J connectivity index is 3.15. The molecule has 0 radical (unpaired) electrons. The molecule has 0 spiro atoms. The van der Waals surface area contributed by atoms with Gasteiger partial charge in [-0.1, -0.05) is 12.7 Å². The lowest BCUT2D eigenvalue weighted by Crippen LogP contribution is -2.07. The molecule has 0 saturated heterocycles. The fourth-order valence-corrected chi connectivity index (χ4v) is 0.524. The number of carbonyl (C=O) groups excluding carboxylic acids is 1. The first-order valence-electron chi connectivity index (χ1n) is 3.39. The molecule has 0 aromatic rings. The van der Waals surface area contributed by atoms with Gasteiger partial charge in [0, 0.05) is 6.42 Å². The normalized spacial score (nSPS) is 9.18. The third-order valence-electron chi connectivity index (χ3n) is 1.01. The maximum absolute atomic E-state index is 10.7. The molecule has 2 N–H and O–H groups in total. The molecule has 0 aromatic heterocycles. The van der Waals surface area contributed by atoms with Crippen LogP contribution >= 0.6 is 0 Å². The molecular weight excluding hydrogens is 146 g/mol. The van der Waals surface area contributed by atoms with Crippen LogP contribution in [0.2, 0.25) is 0 Å². The average Bonchev–Trinajstić information content (AvgIpc) is 2.01. The zero-order valence-electron chi connectivity index (χ0n) is 6.41. The smallest absolute Gasteiger partial charge is 0.306 e. The first-order valence-corrected chi connectivity index (χ1v) is 3.39. The standard InChI is InChI=1S/C7H13NO3/c1-2-5-10-7(9)4-3-6-11-8/h2H,1,3-6,8H2. The SMILES string of the molecule is C=CCOC(=O)CCCON. The second-order valence-electron chi connectivity index (χ2n) is 1.95. The summed E-state index contributed by atoms with van der Waals surface area (Å²) in [5.41, 5.74) is 0. The van der Waals surface area contributed by atoms with Gasteiger partial charge >= 0.3 is 5.97 Å². The van der Waals surface area contributed by atoms with Crippen LogP contribution in [0.1, 0.15) is 12.8 Å². The van der Waals surface area contributed by atoms with Gasteiger partial charge in [-0.05, 0) is 6.42 Å². The summed E-state index contributed by atoms with van der Waals surface area (Å²) in [6.45, 7) is 4.05. The van der Waals surface area contributed by atoms with Crippen LogP contribution in [0.15, 0.2) is 12.7 Å². The third-order valence-corrected chi connectivity index (χ3v) is 1.01. The maximum Gasteiger partial charge on any atom is 0.306 e. The second kappa shape index (κ2) is 7.24. The lowest BCUT2D eigenvalue weighted by Gasteiger charge is -1.99. The molecule has 0 aliphatic heterocycles. The van der Waals surface area contributed by atoms with Gasteiger partial charge in [-0.15, -0.1) is 0 Å². The Hall–Kier alpha value is -0.870. The fourth-order valence-electron chi connectivity index (χ4n) is 0.524. The van der Waals surface area contributed by atoms with Crippen molar-refractivity contribution in [2.45, 2.75) is 12.8 Å². The van der Waals surface area contributed by atoms with Gasteiger partial charge in [-0.25, -0.2) is 5.90 Å². The van der Waals surface area contributed by atoms with E-state index in [2.05, 4.69) is 16.2 Å². The van der Waals surface area contributed by atoms with Gasteiger partial charge in [0.25, 0.3) is 0 Å². The maximum atomic E-state index is 10.7. The largest absolute Gasteiger partial charge is 0.461 e. The van der Waals surface area contributed by atoms with Gasteiger partial charge in [0.05, 0.1) is 6.61 Å². The van der Waals surface area contributed by atoms with E-state index in [1.807, 2.05) is 0 Å². The van der Waals surface area contributed by atoms with Gasteiger partial charge in [-0.2, -0.15) is 0 Å². The summed E-state index contributed by atoms with van der Waals surface area (Å²) in [4.78, 5) is 15.0. The molecule has 0 aromatic carbocycles. The van der Waals surface area contributed by atoms with Crippen molar-refractivity contribution < 1.29 is 14.4 Å². The van der Waals surface area contributed by atoms with Crippen LogP contribution in [-0.2, 0) is 14.4 Å².